The Hall–Kier alpha value is -2.33. The molecular weight excluding hydrogens is 292 g/mol. The van der Waals surface area contributed by atoms with Gasteiger partial charge >= 0.3 is 11.9 Å². The highest BCUT2D eigenvalue weighted by Crippen LogP contribution is 2.30. The molecule has 0 aliphatic rings. The average molecular weight is 307 g/mol. The quantitative estimate of drug-likeness (QED) is 0.904. The summed E-state index contributed by atoms with van der Waals surface area (Å²) < 4.78 is 0. The van der Waals surface area contributed by atoms with Gasteiger partial charge in [0.25, 0.3) is 0 Å². The molecule has 0 saturated carbocycles. The minimum absolute atomic E-state index is 0. The van der Waals surface area contributed by atoms with Gasteiger partial charge in [-0.05, 0) is 42.2 Å². The molecule has 0 unspecified atom stereocenters. The SMILES string of the molecule is Cc1cccc(-c2cccc(C(=O)O)c2C(=O)O)c1C.Cl. The topological polar surface area (TPSA) is 74.6 Å². The third kappa shape index (κ3) is 3.06. The van der Waals surface area contributed by atoms with Crippen molar-refractivity contribution in [1.82, 2.24) is 0 Å². The van der Waals surface area contributed by atoms with E-state index in [1.165, 1.54) is 6.07 Å². The van der Waals surface area contributed by atoms with E-state index in [1.54, 1.807) is 18.2 Å². The van der Waals surface area contributed by atoms with Crippen LogP contribution >= 0.6 is 12.4 Å². The van der Waals surface area contributed by atoms with Crippen LogP contribution in [0.25, 0.3) is 11.1 Å². The van der Waals surface area contributed by atoms with Gasteiger partial charge in [0, 0.05) is 0 Å². The lowest BCUT2D eigenvalue weighted by Crippen LogP contribution is -2.10. The first-order valence-corrected chi connectivity index (χ1v) is 6.09. The molecule has 0 saturated heterocycles. The van der Waals surface area contributed by atoms with Gasteiger partial charge in [-0.15, -0.1) is 12.4 Å². The number of halogens is 1. The van der Waals surface area contributed by atoms with Crippen LogP contribution in [0.3, 0.4) is 0 Å². The van der Waals surface area contributed by atoms with Crippen molar-refractivity contribution in [2.45, 2.75) is 13.8 Å². The summed E-state index contributed by atoms with van der Waals surface area (Å²) in [4.78, 5) is 22.7. The number of benzene rings is 2. The predicted octanol–water partition coefficient (Wildman–Crippen LogP) is 3.79. The molecule has 0 atom stereocenters. The normalized spacial score (nSPS) is 9.81. The number of carbonyl (C=O) groups is 2. The zero-order valence-electron chi connectivity index (χ0n) is 11.6. The van der Waals surface area contributed by atoms with Gasteiger partial charge in [0.15, 0.2) is 0 Å². The molecule has 0 radical (unpaired) electrons. The van der Waals surface area contributed by atoms with Gasteiger partial charge in [0.1, 0.15) is 0 Å². The molecule has 21 heavy (non-hydrogen) atoms. The molecule has 110 valence electrons. The molecule has 0 bridgehead atoms. The Balaban J connectivity index is 0.00000220. The summed E-state index contributed by atoms with van der Waals surface area (Å²) in [5.41, 5.74) is 2.77. The van der Waals surface area contributed by atoms with Crippen LogP contribution < -0.4 is 0 Å². The smallest absolute Gasteiger partial charge is 0.337 e. The third-order valence-electron chi connectivity index (χ3n) is 3.40. The first kappa shape index (κ1) is 16.7. The molecule has 2 aromatic carbocycles. The van der Waals surface area contributed by atoms with Gasteiger partial charge in [-0.25, -0.2) is 9.59 Å². The molecule has 5 heteroatoms. The first-order valence-electron chi connectivity index (χ1n) is 6.09. The Morgan fingerprint density at radius 3 is 2.00 bits per heavy atom. The Kier molecular flexibility index (Phi) is 5.11. The van der Waals surface area contributed by atoms with Gasteiger partial charge in [0.2, 0.25) is 0 Å². The minimum Gasteiger partial charge on any atom is -0.478 e. The fourth-order valence-electron chi connectivity index (χ4n) is 2.23. The number of hydrogen-bond donors (Lipinski definition) is 2. The fourth-order valence-corrected chi connectivity index (χ4v) is 2.23. The van der Waals surface area contributed by atoms with Crippen molar-refractivity contribution in [3.05, 3.63) is 58.7 Å². The predicted molar refractivity (Wildman–Crippen MR) is 82.5 cm³/mol. The Morgan fingerprint density at radius 1 is 0.857 bits per heavy atom. The van der Waals surface area contributed by atoms with E-state index in [0.717, 1.165) is 16.7 Å². The first-order chi connectivity index (χ1) is 9.43. The Morgan fingerprint density at radius 2 is 1.43 bits per heavy atom. The summed E-state index contributed by atoms with van der Waals surface area (Å²) in [6.07, 6.45) is 0. The van der Waals surface area contributed by atoms with Crippen molar-refractivity contribution in [2.24, 2.45) is 0 Å². The van der Waals surface area contributed by atoms with Crippen LogP contribution in [0.15, 0.2) is 36.4 Å². The maximum absolute atomic E-state index is 11.5. The van der Waals surface area contributed by atoms with Crippen molar-refractivity contribution < 1.29 is 19.8 Å². The molecule has 4 nitrogen and oxygen atoms in total. The van der Waals surface area contributed by atoms with Crippen LogP contribution in [-0.4, -0.2) is 22.2 Å². The van der Waals surface area contributed by atoms with E-state index in [1.807, 2.05) is 26.0 Å². The van der Waals surface area contributed by atoms with Crippen LogP contribution in [0, 0.1) is 13.8 Å². The molecular formula is C16H15ClO4. The molecule has 2 N–H and O–H groups in total. The second-order valence-corrected chi connectivity index (χ2v) is 4.59. The molecule has 0 aliphatic carbocycles. The van der Waals surface area contributed by atoms with E-state index in [0.29, 0.717) is 5.56 Å². The van der Waals surface area contributed by atoms with Crippen molar-refractivity contribution in [3.8, 4) is 11.1 Å². The number of rotatable bonds is 3. The monoisotopic (exact) mass is 306 g/mol. The standard InChI is InChI=1S/C16H14O4.ClH/c1-9-5-3-6-11(10(9)2)12-7-4-8-13(15(17)18)14(12)16(19)20;/h3-8H,1-2H3,(H,17,18)(H,19,20);1H. The average Bonchev–Trinajstić information content (AvgIpc) is 2.40. The molecule has 0 spiro atoms. The molecule has 0 heterocycles. The Labute approximate surface area is 128 Å². The van der Waals surface area contributed by atoms with Crippen LogP contribution in [-0.2, 0) is 0 Å². The van der Waals surface area contributed by atoms with E-state index in [2.05, 4.69) is 0 Å². The highest BCUT2D eigenvalue weighted by molar-refractivity contribution is 6.06. The number of carboxylic acid groups (broad SMARTS) is 2. The molecule has 0 fully saturated rings. The number of aromatic carboxylic acids is 2. The lowest BCUT2D eigenvalue weighted by Gasteiger charge is -2.13. The van der Waals surface area contributed by atoms with Crippen molar-refractivity contribution in [3.63, 3.8) is 0 Å². The van der Waals surface area contributed by atoms with Crippen molar-refractivity contribution in [2.75, 3.05) is 0 Å². The van der Waals surface area contributed by atoms with Crippen LogP contribution in [0.1, 0.15) is 31.8 Å². The minimum atomic E-state index is -1.24. The fraction of sp³-hybridized carbons (Fsp3) is 0.125. The van der Waals surface area contributed by atoms with E-state index in [9.17, 15) is 14.7 Å². The zero-order valence-corrected chi connectivity index (χ0v) is 12.4. The van der Waals surface area contributed by atoms with Crippen LogP contribution in [0.4, 0.5) is 0 Å². The number of hydrogen-bond acceptors (Lipinski definition) is 2. The van der Waals surface area contributed by atoms with Gasteiger partial charge in [-0.2, -0.15) is 0 Å². The van der Waals surface area contributed by atoms with E-state index in [-0.39, 0.29) is 23.5 Å². The number of carboxylic acids is 2. The highest BCUT2D eigenvalue weighted by atomic mass is 35.5. The summed E-state index contributed by atoms with van der Waals surface area (Å²) in [6.45, 7) is 3.82. The van der Waals surface area contributed by atoms with E-state index < -0.39 is 11.9 Å². The largest absolute Gasteiger partial charge is 0.478 e. The number of aryl methyl sites for hydroxylation is 1. The van der Waals surface area contributed by atoms with Crippen molar-refractivity contribution in [1.29, 1.82) is 0 Å². The molecule has 0 aliphatic heterocycles. The molecule has 2 aromatic rings. The molecule has 0 amide bonds. The summed E-state index contributed by atoms with van der Waals surface area (Å²) in [6, 6.07) is 10.1. The Bertz CT molecular complexity index is 707. The lowest BCUT2D eigenvalue weighted by molar-refractivity contribution is 0.0652. The maximum Gasteiger partial charge on any atom is 0.337 e. The van der Waals surface area contributed by atoms with Gasteiger partial charge in [0.05, 0.1) is 11.1 Å². The van der Waals surface area contributed by atoms with Crippen molar-refractivity contribution >= 4 is 24.3 Å². The summed E-state index contributed by atoms with van der Waals surface area (Å²) >= 11 is 0. The second-order valence-electron chi connectivity index (χ2n) is 4.59. The van der Waals surface area contributed by atoms with Gasteiger partial charge < -0.3 is 10.2 Å². The highest BCUT2D eigenvalue weighted by Gasteiger charge is 2.21. The molecule has 0 aromatic heterocycles. The van der Waals surface area contributed by atoms with E-state index >= 15 is 0 Å². The zero-order chi connectivity index (χ0) is 14.9. The van der Waals surface area contributed by atoms with E-state index in [4.69, 9.17) is 5.11 Å². The van der Waals surface area contributed by atoms with Crippen LogP contribution in [0.5, 0.6) is 0 Å². The third-order valence-corrected chi connectivity index (χ3v) is 3.40. The lowest BCUT2D eigenvalue weighted by atomic mass is 9.91. The maximum atomic E-state index is 11.5. The summed E-state index contributed by atoms with van der Waals surface area (Å²) in [5, 5.41) is 18.5. The molecule has 2 rings (SSSR count). The summed E-state index contributed by atoms with van der Waals surface area (Å²) in [5.74, 6) is -2.48. The second kappa shape index (κ2) is 6.41. The van der Waals surface area contributed by atoms with Gasteiger partial charge in [-0.1, -0.05) is 30.3 Å². The van der Waals surface area contributed by atoms with Crippen LogP contribution in [0.2, 0.25) is 0 Å². The van der Waals surface area contributed by atoms with Gasteiger partial charge in [-0.3, -0.25) is 0 Å². The summed E-state index contributed by atoms with van der Waals surface area (Å²) in [7, 11) is 0.